The van der Waals surface area contributed by atoms with Gasteiger partial charge in [-0.1, -0.05) is 13.8 Å². The highest BCUT2D eigenvalue weighted by atomic mass is 16.5. The van der Waals surface area contributed by atoms with Gasteiger partial charge >= 0.3 is 5.97 Å². The summed E-state index contributed by atoms with van der Waals surface area (Å²) in [6.07, 6.45) is 13.3. The van der Waals surface area contributed by atoms with Crippen LogP contribution in [-0.4, -0.2) is 17.9 Å². The van der Waals surface area contributed by atoms with Crippen LogP contribution in [0.4, 0.5) is 0 Å². The van der Waals surface area contributed by atoms with E-state index in [9.17, 15) is 9.59 Å². The molecule has 5 rings (SSSR count). The van der Waals surface area contributed by atoms with Crippen molar-refractivity contribution in [1.82, 2.24) is 0 Å². The average molecular weight is 373 g/mol. The van der Waals surface area contributed by atoms with Gasteiger partial charge in [0.1, 0.15) is 11.9 Å². The molecule has 7 atom stereocenters. The molecule has 150 valence electrons. The summed E-state index contributed by atoms with van der Waals surface area (Å²) in [7, 11) is 0. The van der Waals surface area contributed by atoms with Crippen molar-refractivity contribution in [2.75, 3.05) is 0 Å². The van der Waals surface area contributed by atoms with Gasteiger partial charge in [0, 0.05) is 19.8 Å². The zero-order valence-electron chi connectivity index (χ0n) is 17.4. The molecule has 0 heterocycles. The maximum atomic E-state index is 11.9. The number of esters is 1. The second kappa shape index (κ2) is 5.83. The topological polar surface area (TPSA) is 43.4 Å². The fraction of sp³-hybridized carbons (Fsp3) is 0.917. The maximum Gasteiger partial charge on any atom is 0.302 e. The summed E-state index contributed by atoms with van der Waals surface area (Å²) >= 11 is 0. The highest BCUT2D eigenvalue weighted by Crippen LogP contribution is 2.73. The highest BCUT2D eigenvalue weighted by molar-refractivity contribution is 5.86. The van der Waals surface area contributed by atoms with Gasteiger partial charge in [-0.3, -0.25) is 9.59 Å². The Bertz CT molecular complexity index is 661. The van der Waals surface area contributed by atoms with Gasteiger partial charge in [-0.15, -0.1) is 0 Å². The zero-order valence-corrected chi connectivity index (χ0v) is 17.4. The summed E-state index contributed by atoms with van der Waals surface area (Å²) in [5, 5.41) is 0. The van der Waals surface area contributed by atoms with Crippen LogP contribution in [0.1, 0.15) is 91.4 Å². The smallest absolute Gasteiger partial charge is 0.302 e. The Kier molecular flexibility index (Phi) is 3.93. The number of rotatable bonds is 1. The fourth-order valence-corrected chi connectivity index (χ4v) is 9.07. The Morgan fingerprint density at radius 2 is 1.70 bits per heavy atom. The van der Waals surface area contributed by atoms with Gasteiger partial charge in [0.25, 0.3) is 0 Å². The summed E-state index contributed by atoms with van der Waals surface area (Å²) in [4.78, 5) is 23.3. The third-order valence-corrected chi connectivity index (χ3v) is 10.6. The summed E-state index contributed by atoms with van der Waals surface area (Å²) in [5.41, 5.74) is 1.22. The van der Waals surface area contributed by atoms with Crippen molar-refractivity contribution < 1.29 is 14.3 Å². The van der Waals surface area contributed by atoms with Crippen molar-refractivity contribution >= 4 is 11.8 Å². The first-order chi connectivity index (χ1) is 12.8. The molecule has 5 fully saturated rings. The second-order valence-electron chi connectivity index (χ2n) is 11.3. The van der Waals surface area contributed by atoms with E-state index in [1.54, 1.807) is 6.92 Å². The van der Waals surface area contributed by atoms with Crippen LogP contribution >= 0.6 is 0 Å². The first-order valence-electron chi connectivity index (χ1n) is 11.5. The first kappa shape index (κ1) is 18.2. The minimum absolute atomic E-state index is 0.114. The molecule has 0 aromatic carbocycles. The van der Waals surface area contributed by atoms with E-state index >= 15 is 0 Å². The van der Waals surface area contributed by atoms with Crippen molar-refractivity contribution in [2.24, 2.45) is 39.9 Å². The predicted octanol–water partition coefficient (Wildman–Crippen LogP) is 5.31. The monoisotopic (exact) mass is 372 g/mol. The van der Waals surface area contributed by atoms with Gasteiger partial charge in [0.2, 0.25) is 0 Å². The van der Waals surface area contributed by atoms with E-state index in [-0.39, 0.29) is 12.1 Å². The van der Waals surface area contributed by atoms with Crippen LogP contribution in [-0.2, 0) is 14.3 Å². The van der Waals surface area contributed by atoms with Gasteiger partial charge in [-0.25, -0.2) is 0 Å². The predicted molar refractivity (Wildman–Crippen MR) is 104 cm³/mol. The molecule has 27 heavy (non-hydrogen) atoms. The number of fused-ring (bicyclic) bond motifs is 6. The van der Waals surface area contributed by atoms with Gasteiger partial charge in [0.15, 0.2) is 0 Å². The Balaban J connectivity index is 1.36. The second-order valence-corrected chi connectivity index (χ2v) is 11.3. The maximum absolute atomic E-state index is 11.9. The lowest BCUT2D eigenvalue weighted by Gasteiger charge is -2.63. The molecule has 5 saturated carbocycles. The molecule has 0 N–H and O–H groups in total. The van der Waals surface area contributed by atoms with E-state index in [1.807, 2.05) is 0 Å². The normalized spacial score (nSPS) is 50.3. The molecule has 0 amide bonds. The van der Waals surface area contributed by atoms with Crippen LogP contribution in [0.2, 0.25) is 0 Å². The number of hydrogen-bond donors (Lipinski definition) is 0. The number of Topliss-reactive ketones (excluding diaryl/α,β-unsaturated/α-hetero) is 1. The molecular formula is C24H36O3. The van der Waals surface area contributed by atoms with Crippen LogP contribution in [0.3, 0.4) is 0 Å². The highest BCUT2D eigenvalue weighted by Gasteiger charge is 2.67. The summed E-state index contributed by atoms with van der Waals surface area (Å²) < 4.78 is 5.60. The molecule has 1 spiro atoms. The Morgan fingerprint density at radius 3 is 2.41 bits per heavy atom. The van der Waals surface area contributed by atoms with E-state index in [0.29, 0.717) is 22.0 Å². The van der Waals surface area contributed by atoms with Crippen molar-refractivity contribution in [3.8, 4) is 0 Å². The fourth-order valence-electron chi connectivity index (χ4n) is 9.07. The van der Waals surface area contributed by atoms with E-state index in [0.717, 1.165) is 49.4 Å². The Labute approximate surface area is 164 Å². The van der Waals surface area contributed by atoms with Crippen molar-refractivity contribution in [2.45, 2.75) is 97.5 Å². The molecule has 5 aliphatic carbocycles. The lowest BCUT2D eigenvalue weighted by atomic mass is 9.41. The third-order valence-electron chi connectivity index (χ3n) is 10.6. The molecule has 0 unspecified atom stereocenters. The largest absolute Gasteiger partial charge is 0.463 e. The van der Waals surface area contributed by atoms with E-state index in [4.69, 9.17) is 4.74 Å². The molecule has 0 aliphatic heterocycles. The molecule has 0 saturated heterocycles. The average Bonchev–Trinajstić information content (AvgIpc) is 2.88. The minimum Gasteiger partial charge on any atom is -0.463 e. The minimum atomic E-state index is -0.114. The number of hydrogen-bond acceptors (Lipinski definition) is 3. The van der Waals surface area contributed by atoms with Crippen molar-refractivity contribution in [1.29, 1.82) is 0 Å². The van der Waals surface area contributed by atoms with Gasteiger partial charge in [-0.05, 0) is 97.7 Å². The van der Waals surface area contributed by atoms with Gasteiger partial charge in [0.05, 0.1) is 0 Å². The van der Waals surface area contributed by atoms with Crippen molar-refractivity contribution in [3.05, 3.63) is 0 Å². The molecule has 3 heteroatoms. The third kappa shape index (κ3) is 2.38. The SMILES string of the molecule is CC(=O)O[C@H]1CC[C@@]2(C)[C@@H](CC[C@@H]3[C@@H]2CC[C@@]2(C)[C@H]3CCC23CC(=O)C3)C1. The molecule has 0 bridgehead atoms. The number of ketones is 1. The molecule has 0 aromatic heterocycles. The van der Waals surface area contributed by atoms with Crippen LogP contribution in [0.15, 0.2) is 0 Å². The quantitative estimate of drug-likeness (QED) is 0.586. The summed E-state index contributed by atoms with van der Waals surface area (Å²) in [6.45, 7) is 6.67. The molecule has 5 aliphatic rings. The van der Waals surface area contributed by atoms with E-state index in [1.165, 1.54) is 44.9 Å². The summed E-state index contributed by atoms with van der Waals surface area (Å²) in [6, 6.07) is 0. The standard InChI is InChI=1S/C24H36O3/c1-15(25)27-18-6-9-22(2)16(12-18)4-5-19-20(22)7-10-23(3)21(19)8-11-24(23)13-17(26)14-24/h16,18-21H,4-14H2,1-3H3/t16-,18-,19+,20-,21-,22-,23-/m0/s1. The number of ether oxygens (including phenoxy) is 1. The molecule has 0 radical (unpaired) electrons. The Morgan fingerprint density at radius 1 is 0.963 bits per heavy atom. The molecule has 0 aromatic rings. The zero-order chi connectivity index (χ0) is 19.0. The van der Waals surface area contributed by atoms with Crippen LogP contribution in [0, 0.1) is 39.9 Å². The Hall–Kier alpha value is -0.860. The number of carbonyl (C=O) groups is 2. The molecular weight excluding hydrogens is 336 g/mol. The van der Waals surface area contributed by atoms with Gasteiger partial charge in [-0.2, -0.15) is 0 Å². The summed E-state index contributed by atoms with van der Waals surface area (Å²) in [5.74, 6) is 3.68. The van der Waals surface area contributed by atoms with Crippen LogP contribution in [0.25, 0.3) is 0 Å². The van der Waals surface area contributed by atoms with Crippen LogP contribution < -0.4 is 0 Å². The van der Waals surface area contributed by atoms with E-state index in [2.05, 4.69) is 13.8 Å². The lowest BCUT2D eigenvalue weighted by Crippen LogP contribution is -2.57. The van der Waals surface area contributed by atoms with Crippen LogP contribution in [0.5, 0.6) is 0 Å². The van der Waals surface area contributed by atoms with E-state index < -0.39 is 0 Å². The lowest BCUT2D eigenvalue weighted by molar-refractivity contribution is -0.168. The molecule has 3 nitrogen and oxygen atoms in total. The van der Waals surface area contributed by atoms with Crippen molar-refractivity contribution in [3.63, 3.8) is 0 Å². The number of carbonyl (C=O) groups excluding carboxylic acids is 2. The first-order valence-corrected chi connectivity index (χ1v) is 11.5. The van der Waals surface area contributed by atoms with Gasteiger partial charge < -0.3 is 4.74 Å².